The largest absolute Gasteiger partial charge is 0.375 e. The second-order valence-electron chi connectivity index (χ2n) is 5.23. The smallest absolute Gasteiger partial charge is 0.0655 e. The number of nitrogens with two attached hydrogens (primary N) is 1. The zero-order valence-electron chi connectivity index (χ0n) is 10.0. The number of rotatable bonds is 3. The highest BCUT2D eigenvalue weighted by Gasteiger charge is 2.34. The summed E-state index contributed by atoms with van der Waals surface area (Å²) in [4.78, 5) is 0. The van der Waals surface area contributed by atoms with Crippen LogP contribution in [0.3, 0.4) is 0 Å². The highest BCUT2D eigenvalue weighted by molar-refractivity contribution is 4.87. The van der Waals surface area contributed by atoms with Crippen LogP contribution >= 0.6 is 0 Å². The van der Waals surface area contributed by atoms with Crippen LogP contribution in [0.4, 0.5) is 0 Å². The van der Waals surface area contributed by atoms with E-state index >= 15 is 0 Å². The van der Waals surface area contributed by atoms with Gasteiger partial charge < -0.3 is 10.5 Å². The monoisotopic (exact) mass is 199 g/mol. The zero-order chi connectivity index (χ0) is 10.8. The van der Waals surface area contributed by atoms with Gasteiger partial charge in [0, 0.05) is 12.6 Å². The van der Waals surface area contributed by atoms with E-state index in [2.05, 4.69) is 27.7 Å². The molecule has 0 bridgehead atoms. The Morgan fingerprint density at radius 3 is 2.64 bits per heavy atom. The summed E-state index contributed by atoms with van der Waals surface area (Å²) in [6.07, 6.45) is 3.35. The molecule has 2 nitrogen and oxygen atoms in total. The van der Waals surface area contributed by atoms with Gasteiger partial charge in [-0.2, -0.15) is 0 Å². The lowest BCUT2D eigenvalue weighted by molar-refractivity contribution is -0.0926. The van der Waals surface area contributed by atoms with Gasteiger partial charge in [-0.25, -0.2) is 0 Å². The molecule has 0 radical (unpaired) electrons. The maximum atomic E-state index is 6.21. The Morgan fingerprint density at radius 1 is 1.50 bits per heavy atom. The summed E-state index contributed by atoms with van der Waals surface area (Å²) in [5.74, 6) is 1.23. The Hall–Kier alpha value is -0.0800. The van der Waals surface area contributed by atoms with Gasteiger partial charge in [0.2, 0.25) is 0 Å². The van der Waals surface area contributed by atoms with Crippen molar-refractivity contribution in [3.05, 3.63) is 0 Å². The molecule has 1 rings (SSSR count). The second kappa shape index (κ2) is 4.63. The molecule has 0 amide bonds. The molecule has 1 fully saturated rings. The average Bonchev–Trinajstić information content (AvgIpc) is 2.16. The van der Waals surface area contributed by atoms with Crippen LogP contribution in [0.1, 0.15) is 47.0 Å². The van der Waals surface area contributed by atoms with Crippen LogP contribution in [-0.2, 0) is 4.74 Å². The fraction of sp³-hybridized carbons (Fsp3) is 1.00. The van der Waals surface area contributed by atoms with E-state index < -0.39 is 0 Å². The summed E-state index contributed by atoms with van der Waals surface area (Å²) in [6.45, 7) is 9.72. The lowest BCUT2D eigenvalue weighted by atomic mass is 9.78. The molecule has 0 aromatic carbocycles. The Kier molecular flexibility index (Phi) is 3.96. The number of ether oxygens (including phenoxy) is 1. The maximum Gasteiger partial charge on any atom is 0.0655 e. The fourth-order valence-corrected chi connectivity index (χ4v) is 2.29. The number of hydrogen-bond acceptors (Lipinski definition) is 2. The molecule has 0 aromatic heterocycles. The summed E-state index contributed by atoms with van der Waals surface area (Å²) in [6, 6.07) is 0.338. The van der Waals surface area contributed by atoms with Crippen molar-refractivity contribution in [1.82, 2.24) is 0 Å². The van der Waals surface area contributed by atoms with E-state index in [9.17, 15) is 0 Å². The van der Waals surface area contributed by atoms with Gasteiger partial charge in [0.15, 0.2) is 0 Å². The van der Waals surface area contributed by atoms with Crippen molar-refractivity contribution in [3.63, 3.8) is 0 Å². The van der Waals surface area contributed by atoms with Crippen LogP contribution < -0.4 is 5.73 Å². The van der Waals surface area contributed by atoms with E-state index in [1.54, 1.807) is 0 Å². The molecule has 1 aliphatic rings. The molecule has 3 unspecified atom stereocenters. The Balaban J connectivity index is 2.56. The first-order chi connectivity index (χ1) is 6.48. The van der Waals surface area contributed by atoms with Crippen molar-refractivity contribution in [3.8, 4) is 0 Å². The summed E-state index contributed by atoms with van der Waals surface area (Å²) >= 11 is 0. The van der Waals surface area contributed by atoms with Crippen molar-refractivity contribution in [2.75, 3.05) is 6.61 Å². The first-order valence-corrected chi connectivity index (χ1v) is 5.88. The van der Waals surface area contributed by atoms with Crippen LogP contribution in [0.2, 0.25) is 0 Å². The minimum Gasteiger partial charge on any atom is -0.375 e. The molecule has 0 aliphatic carbocycles. The molecule has 84 valence electrons. The molecule has 3 atom stereocenters. The molecule has 2 N–H and O–H groups in total. The predicted molar refractivity (Wildman–Crippen MR) is 60.2 cm³/mol. The maximum absolute atomic E-state index is 6.21. The molecular weight excluding hydrogens is 174 g/mol. The summed E-state index contributed by atoms with van der Waals surface area (Å²) in [5.41, 5.74) is 6.29. The molecule has 14 heavy (non-hydrogen) atoms. The van der Waals surface area contributed by atoms with Crippen LogP contribution in [0.5, 0.6) is 0 Å². The Bertz CT molecular complexity index is 181. The standard InChI is InChI=1S/C12H25NO/c1-5-12(4)8-10(6-7-14-12)11(13)9(2)3/h9-11H,5-8,13H2,1-4H3. The van der Waals surface area contributed by atoms with Gasteiger partial charge in [0.1, 0.15) is 0 Å². The molecule has 0 saturated carbocycles. The van der Waals surface area contributed by atoms with Crippen LogP contribution in [0.25, 0.3) is 0 Å². The molecule has 0 aromatic rings. The van der Waals surface area contributed by atoms with Gasteiger partial charge in [-0.05, 0) is 38.0 Å². The van der Waals surface area contributed by atoms with Gasteiger partial charge in [-0.1, -0.05) is 20.8 Å². The van der Waals surface area contributed by atoms with Crippen molar-refractivity contribution in [2.45, 2.75) is 58.6 Å². The van der Waals surface area contributed by atoms with Gasteiger partial charge in [-0.15, -0.1) is 0 Å². The van der Waals surface area contributed by atoms with Crippen molar-refractivity contribution < 1.29 is 4.74 Å². The van der Waals surface area contributed by atoms with E-state index in [-0.39, 0.29) is 5.60 Å². The zero-order valence-corrected chi connectivity index (χ0v) is 10.0. The lowest BCUT2D eigenvalue weighted by Crippen LogP contribution is -2.45. The molecule has 1 heterocycles. The first kappa shape index (κ1) is 12.0. The van der Waals surface area contributed by atoms with Gasteiger partial charge in [-0.3, -0.25) is 0 Å². The van der Waals surface area contributed by atoms with Gasteiger partial charge in [0.25, 0.3) is 0 Å². The minimum absolute atomic E-state index is 0.0788. The topological polar surface area (TPSA) is 35.2 Å². The molecule has 0 spiro atoms. The van der Waals surface area contributed by atoms with Gasteiger partial charge >= 0.3 is 0 Å². The Morgan fingerprint density at radius 2 is 2.14 bits per heavy atom. The third kappa shape index (κ3) is 2.71. The SMILES string of the molecule is CCC1(C)CC(C(N)C(C)C)CCO1. The van der Waals surface area contributed by atoms with Crippen LogP contribution in [0.15, 0.2) is 0 Å². The van der Waals surface area contributed by atoms with Crippen molar-refractivity contribution in [1.29, 1.82) is 0 Å². The first-order valence-electron chi connectivity index (χ1n) is 5.88. The van der Waals surface area contributed by atoms with E-state index in [1.807, 2.05) is 0 Å². The molecular formula is C12H25NO. The van der Waals surface area contributed by atoms with Crippen molar-refractivity contribution in [2.24, 2.45) is 17.6 Å². The van der Waals surface area contributed by atoms with Crippen LogP contribution in [0, 0.1) is 11.8 Å². The highest BCUT2D eigenvalue weighted by Crippen LogP contribution is 2.34. The normalized spacial score (nSPS) is 36.0. The van der Waals surface area contributed by atoms with Gasteiger partial charge in [0.05, 0.1) is 5.60 Å². The molecule has 1 saturated heterocycles. The summed E-state index contributed by atoms with van der Waals surface area (Å²) in [7, 11) is 0. The quantitative estimate of drug-likeness (QED) is 0.758. The number of hydrogen-bond donors (Lipinski definition) is 1. The van der Waals surface area contributed by atoms with E-state index in [0.29, 0.717) is 17.9 Å². The second-order valence-corrected chi connectivity index (χ2v) is 5.23. The third-order valence-electron chi connectivity index (χ3n) is 3.70. The van der Waals surface area contributed by atoms with E-state index in [0.717, 1.165) is 25.9 Å². The third-order valence-corrected chi connectivity index (χ3v) is 3.70. The Labute approximate surface area is 88.2 Å². The molecule has 1 aliphatic heterocycles. The fourth-order valence-electron chi connectivity index (χ4n) is 2.29. The van der Waals surface area contributed by atoms with E-state index in [1.165, 1.54) is 0 Å². The highest BCUT2D eigenvalue weighted by atomic mass is 16.5. The summed E-state index contributed by atoms with van der Waals surface area (Å²) in [5, 5.41) is 0. The van der Waals surface area contributed by atoms with Crippen molar-refractivity contribution >= 4 is 0 Å². The average molecular weight is 199 g/mol. The van der Waals surface area contributed by atoms with E-state index in [4.69, 9.17) is 10.5 Å². The lowest BCUT2D eigenvalue weighted by Gasteiger charge is -2.41. The minimum atomic E-state index is 0.0788. The molecule has 2 heteroatoms. The predicted octanol–water partition coefficient (Wildman–Crippen LogP) is 2.57. The van der Waals surface area contributed by atoms with Crippen LogP contribution in [-0.4, -0.2) is 18.2 Å². The summed E-state index contributed by atoms with van der Waals surface area (Å²) < 4.78 is 5.82.